The van der Waals surface area contributed by atoms with Crippen LogP contribution in [0.2, 0.25) is 0 Å². The summed E-state index contributed by atoms with van der Waals surface area (Å²) in [7, 11) is 0. The molecule has 0 aliphatic carbocycles. The lowest BCUT2D eigenvalue weighted by molar-refractivity contribution is 0.0697. The molecule has 0 aliphatic rings. The number of aromatic nitrogens is 2. The lowest BCUT2D eigenvalue weighted by atomic mass is 9.95. The van der Waals surface area contributed by atoms with Crippen molar-refractivity contribution in [2.75, 3.05) is 0 Å². The first-order chi connectivity index (χ1) is 17.1. The zero-order chi connectivity index (χ0) is 24.6. The van der Waals surface area contributed by atoms with E-state index in [1.807, 2.05) is 77.5 Å². The van der Waals surface area contributed by atoms with E-state index in [1.165, 1.54) is 6.42 Å². The molecule has 180 valence electrons. The van der Waals surface area contributed by atoms with Gasteiger partial charge in [0.05, 0.1) is 18.7 Å². The SMILES string of the molecule is CCCCCCc1cn(Cc2ccccc2)c(=O)n1Cc1ccccc1-c1ccccc1C(=O)O. The fourth-order valence-electron chi connectivity index (χ4n) is 4.57. The van der Waals surface area contributed by atoms with Crippen LogP contribution in [0.5, 0.6) is 0 Å². The number of carboxylic acids is 1. The Bertz CT molecular complexity index is 1340. The quantitative estimate of drug-likeness (QED) is 0.265. The van der Waals surface area contributed by atoms with Gasteiger partial charge >= 0.3 is 11.7 Å². The maximum Gasteiger partial charge on any atom is 0.336 e. The molecule has 5 nitrogen and oxygen atoms in total. The Morgan fingerprint density at radius 3 is 2.23 bits per heavy atom. The number of carboxylic acid groups (broad SMARTS) is 1. The number of imidazole rings is 1. The fourth-order valence-corrected chi connectivity index (χ4v) is 4.57. The van der Waals surface area contributed by atoms with E-state index in [1.54, 1.807) is 16.7 Å². The Labute approximate surface area is 206 Å². The topological polar surface area (TPSA) is 64.2 Å². The molecule has 0 amide bonds. The van der Waals surface area contributed by atoms with Gasteiger partial charge in [0.1, 0.15) is 0 Å². The zero-order valence-corrected chi connectivity index (χ0v) is 20.2. The van der Waals surface area contributed by atoms with Crippen LogP contribution in [0.25, 0.3) is 11.1 Å². The average Bonchev–Trinajstić information content (AvgIpc) is 3.16. The molecule has 0 unspecified atom stereocenters. The first-order valence-corrected chi connectivity index (χ1v) is 12.3. The van der Waals surface area contributed by atoms with E-state index in [0.717, 1.165) is 48.1 Å². The molecule has 1 N–H and O–H groups in total. The van der Waals surface area contributed by atoms with Crippen molar-refractivity contribution in [3.63, 3.8) is 0 Å². The molecule has 3 aromatic carbocycles. The van der Waals surface area contributed by atoms with E-state index in [-0.39, 0.29) is 11.3 Å². The van der Waals surface area contributed by atoms with Crippen molar-refractivity contribution < 1.29 is 9.90 Å². The van der Waals surface area contributed by atoms with Crippen LogP contribution in [-0.2, 0) is 19.5 Å². The number of nitrogens with zero attached hydrogens (tertiary/aromatic N) is 2. The van der Waals surface area contributed by atoms with Crippen LogP contribution in [0.15, 0.2) is 89.9 Å². The highest BCUT2D eigenvalue weighted by Gasteiger charge is 2.17. The van der Waals surface area contributed by atoms with Gasteiger partial charge in [-0.1, -0.05) is 99.0 Å². The fraction of sp³-hybridized carbons (Fsp3) is 0.267. The third-order valence-corrected chi connectivity index (χ3v) is 6.40. The summed E-state index contributed by atoms with van der Waals surface area (Å²) >= 11 is 0. The Morgan fingerprint density at radius 2 is 1.49 bits per heavy atom. The Morgan fingerprint density at radius 1 is 0.800 bits per heavy atom. The van der Waals surface area contributed by atoms with Gasteiger partial charge in [0.25, 0.3) is 0 Å². The number of hydrogen-bond acceptors (Lipinski definition) is 2. The second kappa shape index (κ2) is 11.5. The molecule has 0 spiro atoms. The van der Waals surface area contributed by atoms with Gasteiger partial charge in [-0.2, -0.15) is 0 Å². The summed E-state index contributed by atoms with van der Waals surface area (Å²) in [5, 5.41) is 9.72. The molecule has 4 rings (SSSR count). The lowest BCUT2D eigenvalue weighted by Crippen LogP contribution is -2.26. The van der Waals surface area contributed by atoms with Crippen molar-refractivity contribution in [3.05, 3.63) is 118 Å². The van der Waals surface area contributed by atoms with Gasteiger partial charge in [0, 0.05) is 11.9 Å². The van der Waals surface area contributed by atoms with E-state index in [0.29, 0.717) is 18.7 Å². The maximum absolute atomic E-state index is 13.5. The predicted octanol–water partition coefficient (Wildman–Crippen LogP) is 6.23. The molecule has 35 heavy (non-hydrogen) atoms. The lowest BCUT2D eigenvalue weighted by Gasteiger charge is -2.14. The van der Waals surface area contributed by atoms with E-state index in [2.05, 4.69) is 6.92 Å². The molecule has 0 saturated carbocycles. The van der Waals surface area contributed by atoms with Crippen LogP contribution < -0.4 is 5.69 Å². The van der Waals surface area contributed by atoms with Crippen LogP contribution in [-0.4, -0.2) is 20.2 Å². The van der Waals surface area contributed by atoms with Crippen LogP contribution in [0, 0.1) is 0 Å². The van der Waals surface area contributed by atoms with Gasteiger partial charge in [0.15, 0.2) is 0 Å². The summed E-state index contributed by atoms with van der Waals surface area (Å²) in [5.41, 5.74) is 4.75. The number of carbonyl (C=O) groups is 1. The molecular weight excluding hydrogens is 436 g/mol. The molecule has 1 heterocycles. The summed E-state index contributed by atoms with van der Waals surface area (Å²) in [5.74, 6) is -0.960. The highest BCUT2D eigenvalue weighted by Crippen LogP contribution is 2.28. The first kappa shape index (κ1) is 24.3. The molecular formula is C30H32N2O3. The van der Waals surface area contributed by atoms with E-state index in [4.69, 9.17) is 0 Å². The number of hydrogen-bond donors (Lipinski definition) is 1. The number of rotatable bonds is 11. The predicted molar refractivity (Wildman–Crippen MR) is 140 cm³/mol. The highest BCUT2D eigenvalue weighted by molar-refractivity contribution is 5.96. The Hall–Kier alpha value is -3.86. The Kier molecular flexibility index (Phi) is 7.99. The molecule has 5 heteroatoms. The average molecular weight is 469 g/mol. The monoisotopic (exact) mass is 468 g/mol. The molecule has 0 atom stereocenters. The van der Waals surface area contributed by atoms with Gasteiger partial charge in [-0.3, -0.25) is 9.13 Å². The molecule has 0 aliphatic heterocycles. The number of aryl methyl sites for hydroxylation is 1. The minimum atomic E-state index is -0.960. The third kappa shape index (κ3) is 5.80. The van der Waals surface area contributed by atoms with E-state index < -0.39 is 5.97 Å². The molecule has 0 bridgehead atoms. The largest absolute Gasteiger partial charge is 0.478 e. The first-order valence-electron chi connectivity index (χ1n) is 12.3. The van der Waals surface area contributed by atoms with Crippen LogP contribution in [0.4, 0.5) is 0 Å². The van der Waals surface area contributed by atoms with Crippen LogP contribution >= 0.6 is 0 Å². The van der Waals surface area contributed by atoms with E-state index in [9.17, 15) is 14.7 Å². The molecule has 0 fully saturated rings. The minimum Gasteiger partial charge on any atom is -0.478 e. The summed E-state index contributed by atoms with van der Waals surface area (Å²) in [4.78, 5) is 25.4. The second-order valence-electron chi connectivity index (χ2n) is 8.92. The summed E-state index contributed by atoms with van der Waals surface area (Å²) in [6.45, 7) is 3.12. The van der Waals surface area contributed by atoms with Crippen LogP contribution in [0.3, 0.4) is 0 Å². The number of benzene rings is 3. The summed E-state index contributed by atoms with van der Waals surface area (Å²) < 4.78 is 3.65. The second-order valence-corrected chi connectivity index (χ2v) is 8.92. The zero-order valence-electron chi connectivity index (χ0n) is 20.2. The van der Waals surface area contributed by atoms with Crippen molar-refractivity contribution in [1.29, 1.82) is 0 Å². The van der Waals surface area contributed by atoms with Gasteiger partial charge in [-0.25, -0.2) is 9.59 Å². The molecule has 1 aromatic heterocycles. The van der Waals surface area contributed by atoms with Crippen molar-refractivity contribution in [3.8, 4) is 11.1 Å². The van der Waals surface area contributed by atoms with Gasteiger partial charge < -0.3 is 5.11 Å². The smallest absolute Gasteiger partial charge is 0.336 e. The van der Waals surface area contributed by atoms with Crippen molar-refractivity contribution >= 4 is 5.97 Å². The van der Waals surface area contributed by atoms with Gasteiger partial charge in [0.2, 0.25) is 0 Å². The van der Waals surface area contributed by atoms with Gasteiger partial charge in [-0.05, 0) is 41.2 Å². The molecule has 0 saturated heterocycles. The molecule has 4 aromatic rings. The Balaban J connectivity index is 1.72. The standard InChI is InChI=1S/C30H32N2O3/c1-2-3-4-8-16-25-22-31(20-23-13-6-5-7-14-23)30(35)32(25)21-24-15-9-10-17-26(24)27-18-11-12-19-28(27)29(33)34/h5-7,9-15,17-19,22H,2-4,8,16,20-21H2,1H3,(H,33,34). The minimum absolute atomic E-state index is 0.0410. The van der Waals surface area contributed by atoms with Crippen LogP contribution in [0.1, 0.15) is 59.8 Å². The van der Waals surface area contributed by atoms with E-state index >= 15 is 0 Å². The third-order valence-electron chi connectivity index (χ3n) is 6.40. The normalized spacial score (nSPS) is 11.0. The highest BCUT2D eigenvalue weighted by atomic mass is 16.4. The number of unbranched alkanes of at least 4 members (excludes halogenated alkanes) is 3. The molecule has 0 radical (unpaired) electrons. The van der Waals surface area contributed by atoms with Crippen molar-refractivity contribution in [2.45, 2.75) is 52.1 Å². The van der Waals surface area contributed by atoms with Gasteiger partial charge in [-0.15, -0.1) is 0 Å². The maximum atomic E-state index is 13.5. The van der Waals surface area contributed by atoms with Crippen molar-refractivity contribution in [2.24, 2.45) is 0 Å². The number of aromatic carboxylic acids is 1. The summed E-state index contributed by atoms with van der Waals surface area (Å²) in [6, 6.07) is 24.8. The van der Waals surface area contributed by atoms with Crippen molar-refractivity contribution in [1.82, 2.24) is 9.13 Å². The summed E-state index contributed by atoms with van der Waals surface area (Å²) in [6.07, 6.45) is 7.35.